The van der Waals surface area contributed by atoms with Gasteiger partial charge in [-0.05, 0) is 24.8 Å². The zero-order valence-corrected chi connectivity index (χ0v) is 24.4. The van der Waals surface area contributed by atoms with Crippen molar-refractivity contribution in [3.63, 3.8) is 0 Å². The van der Waals surface area contributed by atoms with Gasteiger partial charge in [-0.2, -0.15) is 0 Å². The first-order valence-electron chi connectivity index (χ1n) is 14.3. The van der Waals surface area contributed by atoms with Crippen molar-refractivity contribution < 1.29 is 24.0 Å². The van der Waals surface area contributed by atoms with Gasteiger partial charge in [-0.1, -0.05) is 63.1 Å². The third kappa shape index (κ3) is 8.76. The van der Waals surface area contributed by atoms with Crippen LogP contribution < -0.4 is 10.9 Å². The van der Waals surface area contributed by atoms with Gasteiger partial charge in [0.15, 0.2) is 11.6 Å². The number of hydrogen-bond donors (Lipinski definition) is 1. The van der Waals surface area contributed by atoms with E-state index in [1.807, 2.05) is 0 Å². The molecule has 10 heteroatoms. The van der Waals surface area contributed by atoms with Gasteiger partial charge in [-0.25, -0.2) is 4.98 Å². The number of nitrogens with zero attached hydrogens (tertiary/aromatic N) is 3. The Kier molecular flexibility index (Phi) is 11.8. The molecule has 0 saturated heterocycles. The Morgan fingerprint density at radius 3 is 2.29 bits per heavy atom. The highest BCUT2D eigenvalue weighted by atomic mass is 16.2. The van der Waals surface area contributed by atoms with Gasteiger partial charge in [0.05, 0.1) is 25.1 Å². The number of aromatic nitrogens is 3. The standard InChI is InChI=1S/C32H38N4O6/c1-4-22(5-2)13-14-25(37)20-36-17-9-12-24(32(36)42)18-29(39)26(34-31(41)27-19-33-21-35(27)3)15-16-28(38)30(40)23-10-7-6-8-11-23/h6-12,17,19,21-22,26H,4-5,13-16,18,20H2,1-3H3,(H,34,41)/t26-/m0/s1. The number of nitrogens with one attached hydrogen (secondary N) is 1. The molecule has 222 valence electrons. The summed E-state index contributed by atoms with van der Waals surface area (Å²) in [5.74, 6) is -2.05. The first-order chi connectivity index (χ1) is 20.1. The molecule has 1 aromatic carbocycles. The molecule has 3 aromatic rings. The third-order valence-electron chi connectivity index (χ3n) is 7.49. The van der Waals surface area contributed by atoms with Gasteiger partial charge in [0.25, 0.3) is 11.5 Å². The second-order valence-corrected chi connectivity index (χ2v) is 10.4. The number of carbonyl (C=O) groups excluding carboxylic acids is 5. The fourth-order valence-electron chi connectivity index (χ4n) is 4.75. The van der Waals surface area contributed by atoms with Crippen molar-refractivity contribution in [1.29, 1.82) is 0 Å². The topological polar surface area (TPSA) is 137 Å². The van der Waals surface area contributed by atoms with Crippen molar-refractivity contribution in [2.24, 2.45) is 13.0 Å². The lowest BCUT2D eigenvalue weighted by molar-refractivity contribution is -0.121. The minimum absolute atomic E-state index is 0.0598. The lowest BCUT2D eigenvalue weighted by atomic mass is 9.96. The lowest BCUT2D eigenvalue weighted by Crippen LogP contribution is -2.43. The molecule has 0 bridgehead atoms. The first kappa shape index (κ1) is 32.0. The highest BCUT2D eigenvalue weighted by Crippen LogP contribution is 2.15. The number of Topliss-reactive ketones (excluding diaryl/α,β-unsaturated/α-hetero) is 4. The SMILES string of the molecule is CCC(CC)CCC(=O)Cn1cccc(CC(=O)[C@H](CCC(=O)C(=O)c2ccccc2)NC(=O)c2cncn2C)c1=O. The Morgan fingerprint density at radius 1 is 0.929 bits per heavy atom. The van der Waals surface area contributed by atoms with E-state index in [1.165, 1.54) is 46.1 Å². The van der Waals surface area contributed by atoms with E-state index in [4.69, 9.17) is 0 Å². The second-order valence-electron chi connectivity index (χ2n) is 10.4. The largest absolute Gasteiger partial charge is 0.341 e. The molecule has 0 unspecified atom stereocenters. The monoisotopic (exact) mass is 574 g/mol. The minimum Gasteiger partial charge on any atom is -0.341 e. The molecule has 0 aliphatic heterocycles. The van der Waals surface area contributed by atoms with Crippen molar-refractivity contribution in [3.8, 4) is 0 Å². The van der Waals surface area contributed by atoms with Gasteiger partial charge in [-0.15, -0.1) is 0 Å². The molecule has 2 aromatic heterocycles. The Bertz CT molecular complexity index is 1470. The maximum Gasteiger partial charge on any atom is 0.270 e. The maximum atomic E-state index is 13.4. The Balaban J connectivity index is 1.74. The molecule has 1 amide bonds. The molecule has 1 atom stereocenters. The van der Waals surface area contributed by atoms with E-state index < -0.39 is 34.9 Å². The molecule has 2 heterocycles. The van der Waals surface area contributed by atoms with Crippen LogP contribution in [-0.2, 0) is 34.4 Å². The number of benzene rings is 1. The third-order valence-corrected chi connectivity index (χ3v) is 7.49. The van der Waals surface area contributed by atoms with Crippen LogP contribution >= 0.6 is 0 Å². The quantitative estimate of drug-likeness (QED) is 0.192. The summed E-state index contributed by atoms with van der Waals surface area (Å²) >= 11 is 0. The van der Waals surface area contributed by atoms with Crippen molar-refractivity contribution in [3.05, 3.63) is 88.4 Å². The van der Waals surface area contributed by atoms with Gasteiger partial charge >= 0.3 is 0 Å². The molecule has 0 aliphatic rings. The second kappa shape index (κ2) is 15.5. The molecule has 0 saturated carbocycles. The van der Waals surface area contributed by atoms with Gasteiger partial charge in [-0.3, -0.25) is 28.8 Å². The molecule has 0 fully saturated rings. The fourth-order valence-corrected chi connectivity index (χ4v) is 4.75. The average molecular weight is 575 g/mol. The summed E-state index contributed by atoms with van der Waals surface area (Å²) in [6, 6.07) is 10.1. The molecule has 0 aliphatic carbocycles. The van der Waals surface area contributed by atoms with E-state index in [-0.39, 0.29) is 48.4 Å². The van der Waals surface area contributed by atoms with E-state index in [0.29, 0.717) is 12.3 Å². The average Bonchev–Trinajstić information content (AvgIpc) is 3.43. The number of pyridine rings is 1. The summed E-state index contributed by atoms with van der Waals surface area (Å²) in [6.45, 7) is 4.10. The van der Waals surface area contributed by atoms with Crippen LogP contribution in [0, 0.1) is 5.92 Å². The number of imidazole rings is 1. The molecular weight excluding hydrogens is 536 g/mol. The van der Waals surface area contributed by atoms with Crippen LogP contribution in [0.15, 0.2) is 66.0 Å². The zero-order chi connectivity index (χ0) is 30.6. The fraction of sp³-hybridized carbons (Fsp3) is 0.406. The van der Waals surface area contributed by atoms with Crippen LogP contribution in [0.1, 0.15) is 78.8 Å². The van der Waals surface area contributed by atoms with Gasteiger partial charge in [0, 0.05) is 43.6 Å². The molecule has 0 spiro atoms. The van der Waals surface area contributed by atoms with E-state index in [2.05, 4.69) is 24.1 Å². The zero-order valence-electron chi connectivity index (χ0n) is 24.4. The van der Waals surface area contributed by atoms with Gasteiger partial charge in [0.1, 0.15) is 5.69 Å². The molecule has 0 radical (unpaired) electrons. The van der Waals surface area contributed by atoms with Crippen LogP contribution in [0.25, 0.3) is 0 Å². The van der Waals surface area contributed by atoms with Crippen molar-refractivity contribution >= 4 is 29.0 Å². The number of carbonyl (C=O) groups is 5. The van der Waals surface area contributed by atoms with Gasteiger partial charge in [0.2, 0.25) is 11.6 Å². The summed E-state index contributed by atoms with van der Waals surface area (Å²) in [6.07, 6.45) is 6.69. The summed E-state index contributed by atoms with van der Waals surface area (Å²) in [7, 11) is 1.62. The summed E-state index contributed by atoms with van der Waals surface area (Å²) < 4.78 is 2.78. The van der Waals surface area contributed by atoms with Crippen LogP contribution in [0.2, 0.25) is 0 Å². The molecule has 42 heavy (non-hydrogen) atoms. The maximum absolute atomic E-state index is 13.4. The normalized spacial score (nSPS) is 11.7. The molecule has 1 N–H and O–H groups in total. The lowest BCUT2D eigenvalue weighted by Gasteiger charge is -2.18. The van der Waals surface area contributed by atoms with E-state index in [9.17, 15) is 28.8 Å². The van der Waals surface area contributed by atoms with Crippen molar-refractivity contribution in [2.45, 2.75) is 71.4 Å². The summed E-state index contributed by atoms with van der Waals surface area (Å²) in [5.41, 5.74) is 0.146. The summed E-state index contributed by atoms with van der Waals surface area (Å²) in [5, 5.41) is 2.64. The number of hydrogen-bond acceptors (Lipinski definition) is 7. The number of amides is 1. The van der Waals surface area contributed by atoms with Crippen molar-refractivity contribution in [1.82, 2.24) is 19.4 Å². The number of aryl methyl sites for hydroxylation is 1. The predicted molar refractivity (Wildman–Crippen MR) is 157 cm³/mol. The van der Waals surface area contributed by atoms with E-state index >= 15 is 0 Å². The highest BCUT2D eigenvalue weighted by Gasteiger charge is 2.26. The number of ketones is 4. The van der Waals surface area contributed by atoms with E-state index in [1.54, 1.807) is 31.3 Å². The highest BCUT2D eigenvalue weighted by molar-refractivity contribution is 6.43. The predicted octanol–water partition coefficient (Wildman–Crippen LogP) is 3.51. The molecule has 3 rings (SSSR count). The van der Waals surface area contributed by atoms with Crippen molar-refractivity contribution in [2.75, 3.05) is 0 Å². The van der Waals surface area contributed by atoms with Crippen LogP contribution in [-0.4, -0.2) is 49.2 Å². The minimum atomic E-state index is -1.14. The first-order valence-corrected chi connectivity index (χ1v) is 14.3. The Morgan fingerprint density at radius 2 is 1.64 bits per heavy atom. The van der Waals surface area contributed by atoms with E-state index in [0.717, 1.165) is 19.3 Å². The smallest absolute Gasteiger partial charge is 0.270 e. The Hall–Kier alpha value is -4.47. The van der Waals surface area contributed by atoms with Crippen LogP contribution in [0.3, 0.4) is 0 Å². The van der Waals surface area contributed by atoms with Crippen LogP contribution in [0.5, 0.6) is 0 Å². The Labute approximate surface area is 245 Å². The molecular formula is C32H38N4O6. The number of rotatable bonds is 17. The summed E-state index contributed by atoms with van der Waals surface area (Å²) in [4.78, 5) is 81.2. The van der Waals surface area contributed by atoms with Crippen LogP contribution in [0.4, 0.5) is 0 Å². The van der Waals surface area contributed by atoms with Gasteiger partial charge < -0.3 is 14.5 Å². The molecule has 10 nitrogen and oxygen atoms in total.